The molecule has 0 N–H and O–H groups in total. The maximum absolute atomic E-state index is 14.5. The topological polar surface area (TPSA) is 44.1 Å². The Balaban J connectivity index is 2.30. The summed E-state index contributed by atoms with van der Waals surface area (Å²) in [6, 6.07) is 8.57. The van der Waals surface area contributed by atoms with Crippen LogP contribution < -0.4 is 10.2 Å². The van der Waals surface area contributed by atoms with Gasteiger partial charge >= 0.3 is 6.18 Å². The fourth-order valence-corrected chi connectivity index (χ4v) is 5.09. The normalized spacial score (nSPS) is 15.7. The Morgan fingerprint density at radius 2 is 2.03 bits per heavy atom. The van der Waals surface area contributed by atoms with Crippen molar-refractivity contribution in [2.75, 3.05) is 11.9 Å². The molecule has 1 aromatic carbocycles. The van der Waals surface area contributed by atoms with E-state index < -0.39 is 23.0 Å². The van der Waals surface area contributed by atoms with Crippen molar-refractivity contribution < 1.29 is 17.9 Å². The van der Waals surface area contributed by atoms with Crippen molar-refractivity contribution in [3.63, 3.8) is 0 Å². The zero-order valence-corrected chi connectivity index (χ0v) is 19.1. The molecule has 32 heavy (non-hydrogen) atoms. The molecule has 0 aliphatic carbocycles. The molecule has 0 radical (unpaired) electrons. The van der Waals surface area contributed by atoms with Gasteiger partial charge in [0.25, 0.3) is 0 Å². The van der Waals surface area contributed by atoms with Crippen molar-refractivity contribution >= 4 is 26.8 Å². The summed E-state index contributed by atoms with van der Waals surface area (Å²) < 4.78 is 50.4. The Kier molecular flexibility index (Phi) is 6.16. The number of allylic oxidation sites excluding steroid dienone is 1. The van der Waals surface area contributed by atoms with Gasteiger partial charge in [-0.15, -0.1) is 6.58 Å². The molecule has 4 rings (SSSR count). The van der Waals surface area contributed by atoms with Gasteiger partial charge in [-0.05, 0) is 26.2 Å². The maximum Gasteiger partial charge on any atom is 0.423 e. The first-order valence-electron chi connectivity index (χ1n) is 10.4. The molecule has 0 spiro atoms. The standard InChI is InChI=1S/C24H22BrF3N2O2/c1-3-8-16-17-12-11-15(13-25)30(17)21-18(22(16)31)20(14-9-6-5-7-10-14)29-23(32-4-2)19(21)24(26,27)28/h3,5-7,9-10,15H,1,4,8,11-13H2,2H3. The van der Waals surface area contributed by atoms with Gasteiger partial charge in [0, 0.05) is 28.2 Å². The summed E-state index contributed by atoms with van der Waals surface area (Å²) in [5.41, 5.74) is 0.291. The summed E-state index contributed by atoms with van der Waals surface area (Å²) in [6.07, 6.45) is -1.70. The molecule has 2 aromatic heterocycles. The highest BCUT2D eigenvalue weighted by Crippen LogP contribution is 2.45. The number of pyridine rings is 2. The number of nitrogens with zero attached hydrogens (tertiary/aromatic N) is 2. The number of halogens is 4. The molecule has 8 heteroatoms. The summed E-state index contributed by atoms with van der Waals surface area (Å²) >= 11 is 3.45. The number of aromatic nitrogens is 2. The van der Waals surface area contributed by atoms with Gasteiger partial charge in [-0.3, -0.25) is 4.79 Å². The molecule has 0 saturated heterocycles. The largest absolute Gasteiger partial charge is 0.477 e. The third kappa shape index (κ3) is 3.64. The lowest BCUT2D eigenvalue weighted by Gasteiger charge is -2.24. The van der Waals surface area contributed by atoms with Crippen molar-refractivity contribution in [3.8, 4) is 17.1 Å². The monoisotopic (exact) mass is 506 g/mol. The van der Waals surface area contributed by atoms with E-state index in [-0.39, 0.29) is 35.7 Å². The first kappa shape index (κ1) is 22.6. The Bertz CT molecular complexity index is 1240. The van der Waals surface area contributed by atoms with Gasteiger partial charge < -0.3 is 9.30 Å². The van der Waals surface area contributed by atoms with E-state index in [4.69, 9.17) is 4.74 Å². The first-order chi connectivity index (χ1) is 15.3. The highest BCUT2D eigenvalue weighted by Gasteiger charge is 2.42. The highest BCUT2D eigenvalue weighted by molar-refractivity contribution is 9.09. The summed E-state index contributed by atoms with van der Waals surface area (Å²) in [5.74, 6) is -0.503. The van der Waals surface area contributed by atoms with E-state index in [0.29, 0.717) is 35.0 Å². The van der Waals surface area contributed by atoms with Crippen LogP contribution in [-0.2, 0) is 19.0 Å². The highest BCUT2D eigenvalue weighted by atomic mass is 79.9. The van der Waals surface area contributed by atoms with E-state index in [2.05, 4.69) is 27.5 Å². The minimum Gasteiger partial charge on any atom is -0.477 e. The number of hydrogen-bond donors (Lipinski definition) is 0. The fourth-order valence-electron chi connectivity index (χ4n) is 4.48. The Labute approximate surface area is 191 Å². The lowest BCUT2D eigenvalue weighted by Crippen LogP contribution is -2.24. The van der Waals surface area contributed by atoms with Crippen LogP contribution in [-0.4, -0.2) is 21.5 Å². The van der Waals surface area contributed by atoms with Gasteiger partial charge in [0.1, 0.15) is 5.56 Å². The van der Waals surface area contributed by atoms with Crippen molar-refractivity contribution in [2.24, 2.45) is 0 Å². The van der Waals surface area contributed by atoms with Crippen LogP contribution in [0.25, 0.3) is 22.2 Å². The van der Waals surface area contributed by atoms with Gasteiger partial charge in [0.2, 0.25) is 5.88 Å². The predicted octanol–water partition coefficient (Wildman–Crippen LogP) is 6.09. The van der Waals surface area contributed by atoms with E-state index in [0.717, 1.165) is 0 Å². The maximum atomic E-state index is 14.5. The molecule has 1 atom stereocenters. The van der Waals surface area contributed by atoms with Crippen molar-refractivity contribution in [2.45, 2.75) is 38.4 Å². The van der Waals surface area contributed by atoms with Gasteiger partial charge in [-0.25, -0.2) is 4.98 Å². The number of alkyl halides is 4. The molecular weight excluding hydrogens is 485 g/mol. The van der Waals surface area contributed by atoms with Crippen LogP contribution in [0.2, 0.25) is 0 Å². The number of hydrogen-bond acceptors (Lipinski definition) is 3. The SMILES string of the molecule is C=CCc1c2n(c3c(C(F)(F)F)c(OCC)nc(-c4ccccc4)c3c1=O)C(CBr)CC2. The summed E-state index contributed by atoms with van der Waals surface area (Å²) in [7, 11) is 0. The molecular formula is C24H22BrF3N2O2. The van der Waals surface area contributed by atoms with E-state index in [1.807, 2.05) is 0 Å². The third-order valence-corrected chi connectivity index (χ3v) is 6.48. The van der Waals surface area contributed by atoms with Crippen molar-refractivity contribution in [1.29, 1.82) is 0 Å². The summed E-state index contributed by atoms with van der Waals surface area (Å²) in [4.78, 5) is 18.0. The van der Waals surface area contributed by atoms with Crippen LogP contribution in [0.15, 0.2) is 47.8 Å². The molecule has 1 aliphatic heterocycles. The molecule has 3 aromatic rings. The van der Waals surface area contributed by atoms with Crippen molar-refractivity contribution in [1.82, 2.24) is 9.55 Å². The van der Waals surface area contributed by atoms with Crippen molar-refractivity contribution in [3.05, 3.63) is 70.0 Å². The van der Waals surface area contributed by atoms with Crippen LogP contribution in [0.5, 0.6) is 5.88 Å². The molecule has 1 unspecified atom stereocenters. The third-order valence-electron chi connectivity index (χ3n) is 5.74. The van der Waals surface area contributed by atoms with E-state index in [9.17, 15) is 18.0 Å². The number of benzene rings is 1. The molecule has 0 fully saturated rings. The van der Waals surface area contributed by atoms with Crippen LogP contribution in [0.3, 0.4) is 0 Å². The van der Waals surface area contributed by atoms with Gasteiger partial charge in [0.15, 0.2) is 5.43 Å². The second-order valence-corrected chi connectivity index (χ2v) is 8.27. The van der Waals surface area contributed by atoms with Crippen LogP contribution in [0.4, 0.5) is 13.2 Å². The average molecular weight is 507 g/mol. The molecule has 4 nitrogen and oxygen atoms in total. The quantitative estimate of drug-likeness (QED) is 0.300. The number of fused-ring (bicyclic) bond motifs is 3. The summed E-state index contributed by atoms with van der Waals surface area (Å²) in [6.45, 7) is 5.37. The Morgan fingerprint density at radius 3 is 2.62 bits per heavy atom. The van der Waals surface area contributed by atoms with Crippen LogP contribution in [0, 0.1) is 0 Å². The minimum absolute atomic E-state index is 0.0172. The van der Waals surface area contributed by atoms with Gasteiger partial charge in [-0.2, -0.15) is 13.2 Å². The zero-order chi connectivity index (χ0) is 23.0. The number of rotatable bonds is 6. The van der Waals surface area contributed by atoms with Gasteiger partial charge in [0.05, 0.1) is 23.2 Å². The zero-order valence-electron chi connectivity index (χ0n) is 17.5. The van der Waals surface area contributed by atoms with E-state index >= 15 is 0 Å². The molecule has 1 aliphatic rings. The molecule has 168 valence electrons. The lowest BCUT2D eigenvalue weighted by molar-refractivity contribution is -0.138. The summed E-state index contributed by atoms with van der Waals surface area (Å²) in [5, 5.41) is 0.441. The predicted molar refractivity (Wildman–Crippen MR) is 123 cm³/mol. The van der Waals surface area contributed by atoms with Gasteiger partial charge in [-0.1, -0.05) is 52.3 Å². The molecule has 0 saturated carbocycles. The average Bonchev–Trinajstić information content (AvgIpc) is 3.20. The second-order valence-electron chi connectivity index (χ2n) is 7.62. The second kappa shape index (κ2) is 8.73. The smallest absolute Gasteiger partial charge is 0.423 e. The van der Waals surface area contributed by atoms with Crippen LogP contribution >= 0.6 is 15.9 Å². The Hall–Kier alpha value is -2.61. The lowest BCUT2D eigenvalue weighted by atomic mass is 9.98. The molecule has 0 bridgehead atoms. The van der Waals surface area contributed by atoms with E-state index in [1.165, 1.54) is 0 Å². The van der Waals surface area contributed by atoms with E-state index in [1.54, 1.807) is 47.9 Å². The number of ether oxygens (including phenoxy) is 1. The first-order valence-corrected chi connectivity index (χ1v) is 11.5. The molecule has 3 heterocycles. The molecule has 0 amide bonds. The Morgan fingerprint density at radius 1 is 1.31 bits per heavy atom. The minimum atomic E-state index is -4.75. The van der Waals surface area contributed by atoms with Crippen LogP contribution in [0.1, 0.15) is 36.2 Å². The fraction of sp³-hybridized carbons (Fsp3) is 0.333.